The smallest absolute Gasteiger partial charge is 0.287 e. The monoisotopic (exact) mass is 402 g/mol. The van der Waals surface area contributed by atoms with E-state index < -0.39 is 5.95 Å². The average molecular weight is 402 g/mol. The summed E-state index contributed by atoms with van der Waals surface area (Å²) >= 11 is 0. The van der Waals surface area contributed by atoms with Crippen molar-refractivity contribution >= 4 is 28.3 Å². The molecule has 0 radical (unpaired) electrons. The summed E-state index contributed by atoms with van der Waals surface area (Å²) in [5, 5.41) is 11.3. The van der Waals surface area contributed by atoms with Crippen molar-refractivity contribution in [3.8, 4) is 0 Å². The second-order valence-corrected chi connectivity index (χ2v) is 6.89. The Morgan fingerprint density at radius 3 is 2.70 bits per heavy atom. The number of anilines is 1. The fourth-order valence-electron chi connectivity index (χ4n) is 3.20. The van der Waals surface area contributed by atoms with Crippen LogP contribution in [0.15, 0.2) is 60.8 Å². The van der Waals surface area contributed by atoms with Gasteiger partial charge in [0.25, 0.3) is 5.91 Å². The van der Waals surface area contributed by atoms with Crippen LogP contribution in [-0.2, 0) is 0 Å². The number of hydrogen-bond acceptors (Lipinski definition) is 5. The third-order valence-electron chi connectivity index (χ3n) is 4.80. The van der Waals surface area contributed by atoms with E-state index in [1.54, 1.807) is 12.1 Å². The lowest BCUT2D eigenvalue weighted by Gasteiger charge is -2.12. The van der Waals surface area contributed by atoms with Crippen LogP contribution in [0, 0.1) is 11.4 Å². The number of nitrogens with one attached hydrogen (secondary N) is 3. The number of rotatable bonds is 5. The molecule has 1 amide bonds. The number of carbonyl (C=O) groups excluding carboxylic acids is 1. The van der Waals surface area contributed by atoms with Gasteiger partial charge in [-0.25, -0.2) is 9.97 Å². The van der Waals surface area contributed by atoms with E-state index in [-0.39, 0.29) is 23.5 Å². The Bertz CT molecular complexity index is 1250. The fourth-order valence-corrected chi connectivity index (χ4v) is 3.20. The Balaban J connectivity index is 1.61. The molecular formula is C22H19FN6O. The first-order valence-electron chi connectivity index (χ1n) is 9.28. The van der Waals surface area contributed by atoms with Gasteiger partial charge in [0, 0.05) is 29.1 Å². The number of carbonyl (C=O) groups is 1. The number of aromatic amines is 1. The molecule has 0 bridgehead atoms. The van der Waals surface area contributed by atoms with Crippen LogP contribution < -0.4 is 11.1 Å². The van der Waals surface area contributed by atoms with Crippen molar-refractivity contribution in [2.24, 2.45) is 0 Å². The molecule has 30 heavy (non-hydrogen) atoms. The summed E-state index contributed by atoms with van der Waals surface area (Å²) in [6, 6.07) is 15.3. The predicted octanol–water partition coefficient (Wildman–Crippen LogP) is 3.59. The van der Waals surface area contributed by atoms with Crippen LogP contribution in [-0.4, -0.2) is 26.6 Å². The molecule has 0 spiro atoms. The van der Waals surface area contributed by atoms with Gasteiger partial charge >= 0.3 is 0 Å². The fraction of sp³-hybridized carbons (Fsp3) is 0.0909. The quantitative estimate of drug-likeness (QED) is 0.232. The molecule has 2 aromatic carbocycles. The highest BCUT2D eigenvalue weighted by molar-refractivity contribution is 6.15. The van der Waals surface area contributed by atoms with Gasteiger partial charge in [0.2, 0.25) is 5.95 Å². The minimum atomic E-state index is -0.676. The molecule has 5 N–H and O–H groups in total. The standard InChI is InChI=1S/C22H19FN6O/c1-12(13-5-3-2-4-6-13)27-22(30)21-28-17-10-15(16(24)11-18(17)29-21)20(25)14-7-8-26-19(23)9-14/h2-12,25H,24H2,1H3,(H,27,30)(H,28,29). The largest absolute Gasteiger partial charge is 0.398 e. The highest BCUT2D eigenvalue weighted by Gasteiger charge is 2.17. The van der Waals surface area contributed by atoms with Crippen molar-refractivity contribution in [2.75, 3.05) is 5.73 Å². The summed E-state index contributed by atoms with van der Waals surface area (Å²) < 4.78 is 13.4. The Morgan fingerprint density at radius 1 is 1.20 bits per heavy atom. The van der Waals surface area contributed by atoms with Crippen LogP contribution in [0.4, 0.5) is 10.1 Å². The van der Waals surface area contributed by atoms with Gasteiger partial charge in [-0.3, -0.25) is 10.2 Å². The number of nitrogens with two attached hydrogens (primary N) is 1. The molecule has 1 atom stereocenters. The molecule has 4 aromatic rings. The van der Waals surface area contributed by atoms with E-state index in [0.29, 0.717) is 27.8 Å². The van der Waals surface area contributed by atoms with E-state index in [9.17, 15) is 9.18 Å². The molecular weight excluding hydrogens is 383 g/mol. The van der Waals surface area contributed by atoms with Gasteiger partial charge in [-0.05, 0) is 30.7 Å². The minimum Gasteiger partial charge on any atom is -0.398 e. The summed E-state index contributed by atoms with van der Waals surface area (Å²) in [6.45, 7) is 1.89. The van der Waals surface area contributed by atoms with Crippen LogP contribution in [0.1, 0.15) is 40.3 Å². The lowest BCUT2D eigenvalue weighted by molar-refractivity contribution is 0.0930. The second kappa shape index (κ2) is 7.75. The van der Waals surface area contributed by atoms with E-state index in [0.717, 1.165) is 5.56 Å². The first kappa shape index (κ1) is 19.3. The maximum absolute atomic E-state index is 13.4. The van der Waals surface area contributed by atoms with E-state index in [1.807, 2.05) is 37.3 Å². The first-order valence-corrected chi connectivity index (χ1v) is 9.28. The zero-order chi connectivity index (χ0) is 21.3. The molecule has 0 fully saturated rings. The van der Waals surface area contributed by atoms with Crippen molar-refractivity contribution < 1.29 is 9.18 Å². The van der Waals surface area contributed by atoms with Gasteiger partial charge in [0.15, 0.2) is 5.82 Å². The molecule has 8 heteroatoms. The molecule has 2 aromatic heterocycles. The molecule has 0 aliphatic rings. The van der Waals surface area contributed by atoms with Gasteiger partial charge in [-0.1, -0.05) is 30.3 Å². The minimum absolute atomic E-state index is 0.0500. The van der Waals surface area contributed by atoms with Crippen molar-refractivity contribution in [1.29, 1.82) is 5.41 Å². The number of H-pyrrole nitrogens is 1. The first-order chi connectivity index (χ1) is 14.4. The Hall–Kier alpha value is -4.07. The Morgan fingerprint density at radius 2 is 1.97 bits per heavy atom. The Kier molecular flexibility index (Phi) is 4.97. The normalized spacial score (nSPS) is 11.9. The number of benzene rings is 2. The number of hydrogen-bond donors (Lipinski definition) is 4. The van der Waals surface area contributed by atoms with E-state index >= 15 is 0 Å². The van der Waals surface area contributed by atoms with Crippen molar-refractivity contribution in [3.63, 3.8) is 0 Å². The molecule has 0 saturated heterocycles. The van der Waals surface area contributed by atoms with Crippen LogP contribution >= 0.6 is 0 Å². The van der Waals surface area contributed by atoms with Crippen LogP contribution in [0.25, 0.3) is 11.0 Å². The molecule has 2 heterocycles. The number of fused-ring (bicyclic) bond motifs is 1. The number of imidazole rings is 1. The summed E-state index contributed by atoms with van der Waals surface area (Å²) in [7, 11) is 0. The summed E-state index contributed by atoms with van der Waals surface area (Å²) in [5.74, 6) is -0.885. The number of halogens is 1. The highest BCUT2D eigenvalue weighted by Crippen LogP contribution is 2.23. The number of nitrogens with zero attached hydrogens (tertiary/aromatic N) is 2. The van der Waals surface area contributed by atoms with Gasteiger partial charge in [0.05, 0.1) is 22.8 Å². The molecule has 0 aliphatic heterocycles. The number of pyridine rings is 1. The van der Waals surface area contributed by atoms with Crippen molar-refractivity contribution in [3.05, 3.63) is 89.3 Å². The third kappa shape index (κ3) is 3.75. The lowest BCUT2D eigenvalue weighted by atomic mass is 10.0. The highest BCUT2D eigenvalue weighted by atomic mass is 19.1. The van der Waals surface area contributed by atoms with Crippen molar-refractivity contribution in [1.82, 2.24) is 20.3 Å². The molecule has 0 saturated carbocycles. The number of aromatic nitrogens is 3. The summed E-state index contributed by atoms with van der Waals surface area (Å²) in [6.07, 6.45) is 1.29. The number of amides is 1. The third-order valence-corrected chi connectivity index (χ3v) is 4.80. The second-order valence-electron chi connectivity index (χ2n) is 6.89. The Labute approximate surface area is 171 Å². The molecule has 4 rings (SSSR count). The van der Waals surface area contributed by atoms with E-state index in [1.165, 1.54) is 18.3 Å². The molecule has 1 unspecified atom stereocenters. The van der Waals surface area contributed by atoms with Gasteiger partial charge < -0.3 is 16.0 Å². The topological polar surface area (TPSA) is 121 Å². The van der Waals surface area contributed by atoms with Crippen molar-refractivity contribution in [2.45, 2.75) is 13.0 Å². The van der Waals surface area contributed by atoms with Crippen LogP contribution in [0.2, 0.25) is 0 Å². The van der Waals surface area contributed by atoms with Crippen LogP contribution in [0.5, 0.6) is 0 Å². The zero-order valence-corrected chi connectivity index (χ0v) is 16.1. The molecule has 7 nitrogen and oxygen atoms in total. The van der Waals surface area contributed by atoms with Gasteiger partial charge in [0.1, 0.15) is 0 Å². The summed E-state index contributed by atoms with van der Waals surface area (Å²) in [5.41, 5.74) is 9.24. The summed E-state index contributed by atoms with van der Waals surface area (Å²) in [4.78, 5) is 23.4. The van der Waals surface area contributed by atoms with E-state index in [4.69, 9.17) is 11.1 Å². The molecule has 150 valence electrons. The maximum Gasteiger partial charge on any atom is 0.287 e. The molecule has 0 aliphatic carbocycles. The van der Waals surface area contributed by atoms with E-state index in [2.05, 4.69) is 20.3 Å². The van der Waals surface area contributed by atoms with Gasteiger partial charge in [-0.2, -0.15) is 4.39 Å². The lowest BCUT2D eigenvalue weighted by Crippen LogP contribution is -2.27. The average Bonchev–Trinajstić information content (AvgIpc) is 3.16. The SMILES string of the molecule is CC(NC(=O)c1nc2cc(N)c(C(=N)c3ccnc(F)c3)cc2[nH]1)c1ccccc1. The predicted molar refractivity (Wildman–Crippen MR) is 113 cm³/mol. The zero-order valence-electron chi connectivity index (χ0n) is 16.1. The van der Waals surface area contributed by atoms with Gasteiger partial charge in [-0.15, -0.1) is 0 Å². The number of nitrogen functional groups attached to an aromatic ring is 1. The maximum atomic E-state index is 13.4. The van der Waals surface area contributed by atoms with Crippen LogP contribution in [0.3, 0.4) is 0 Å².